The minimum absolute atomic E-state index is 0.0964. The SMILES string of the molecule is CC(C)(C)[Si](C)(C)OCn1c(/C=C\CCO)nc2c(N)ncnc21. The number of hydrogen-bond acceptors (Lipinski definition) is 6. The highest BCUT2D eigenvalue weighted by atomic mass is 28.4. The van der Waals surface area contributed by atoms with Gasteiger partial charge in [-0.3, -0.25) is 4.57 Å². The number of aromatic nitrogens is 4. The normalized spacial score (nSPS) is 13.2. The van der Waals surface area contributed by atoms with E-state index in [4.69, 9.17) is 15.3 Å². The Balaban J connectivity index is 2.39. The van der Waals surface area contributed by atoms with Gasteiger partial charge in [-0.1, -0.05) is 26.8 Å². The van der Waals surface area contributed by atoms with Gasteiger partial charge in [0.05, 0.1) is 0 Å². The van der Waals surface area contributed by atoms with Crippen molar-refractivity contribution in [3.8, 4) is 0 Å². The maximum atomic E-state index is 8.96. The highest BCUT2D eigenvalue weighted by molar-refractivity contribution is 6.74. The number of hydrogen-bond donors (Lipinski definition) is 2. The summed E-state index contributed by atoms with van der Waals surface area (Å²) in [6, 6.07) is 0. The number of nitrogen functional groups attached to an aromatic ring is 1. The second kappa shape index (κ2) is 7.00. The Morgan fingerprint density at radius 2 is 2.04 bits per heavy atom. The molecular formula is C16H27N5O2Si. The van der Waals surface area contributed by atoms with Crippen LogP contribution in [0.15, 0.2) is 12.4 Å². The second-order valence-electron chi connectivity index (χ2n) is 7.28. The quantitative estimate of drug-likeness (QED) is 0.778. The number of fused-ring (bicyclic) bond motifs is 1. The average Bonchev–Trinajstić information content (AvgIpc) is 2.84. The van der Waals surface area contributed by atoms with Gasteiger partial charge in [0.15, 0.2) is 25.3 Å². The van der Waals surface area contributed by atoms with Crippen molar-refractivity contribution >= 4 is 31.4 Å². The molecule has 7 nitrogen and oxygen atoms in total. The molecule has 0 saturated carbocycles. The van der Waals surface area contributed by atoms with E-state index in [0.717, 1.165) is 0 Å². The Morgan fingerprint density at radius 3 is 2.67 bits per heavy atom. The first-order valence-electron chi connectivity index (χ1n) is 8.05. The molecule has 2 aromatic heterocycles. The topological polar surface area (TPSA) is 99.1 Å². The zero-order valence-corrected chi connectivity index (χ0v) is 16.1. The summed E-state index contributed by atoms with van der Waals surface area (Å²) in [6.07, 6.45) is 5.72. The maximum Gasteiger partial charge on any atom is 0.194 e. The molecule has 8 heteroatoms. The fourth-order valence-corrected chi connectivity index (χ4v) is 2.82. The fraction of sp³-hybridized carbons (Fsp3) is 0.562. The minimum atomic E-state index is -1.91. The Morgan fingerprint density at radius 1 is 1.33 bits per heavy atom. The summed E-state index contributed by atoms with van der Waals surface area (Å²) in [6.45, 7) is 11.5. The van der Waals surface area contributed by atoms with E-state index >= 15 is 0 Å². The van der Waals surface area contributed by atoms with Crippen LogP contribution in [-0.2, 0) is 11.2 Å². The van der Waals surface area contributed by atoms with Crippen molar-refractivity contribution < 1.29 is 9.53 Å². The van der Waals surface area contributed by atoms with Crippen molar-refractivity contribution in [2.75, 3.05) is 12.3 Å². The molecule has 3 N–H and O–H groups in total. The van der Waals surface area contributed by atoms with Crippen LogP contribution in [0.1, 0.15) is 33.0 Å². The smallest absolute Gasteiger partial charge is 0.194 e. The van der Waals surface area contributed by atoms with E-state index in [2.05, 4.69) is 48.8 Å². The van der Waals surface area contributed by atoms with Crippen LogP contribution in [0.25, 0.3) is 17.2 Å². The molecule has 0 aliphatic heterocycles. The average molecular weight is 350 g/mol. The van der Waals surface area contributed by atoms with E-state index in [1.165, 1.54) is 6.33 Å². The van der Waals surface area contributed by atoms with Gasteiger partial charge in [0, 0.05) is 6.61 Å². The van der Waals surface area contributed by atoms with E-state index in [9.17, 15) is 0 Å². The Hall–Kier alpha value is -1.77. The summed E-state index contributed by atoms with van der Waals surface area (Å²) in [5.41, 5.74) is 7.15. The molecule has 0 aliphatic carbocycles. The summed E-state index contributed by atoms with van der Waals surface area (Å²) in [5, 5.41) is 9.07. The van der Waals surface area contributed by atoms with Crippen LogP contribution in [0.5, 0.6) is 0 Å². The van der Waals surface area contributed by atoms with Gasteiger partial charge in [0.1, 0.15) is 18.9 Å². The molecule has 2 aromatic rings. The van der Waals surface area contributed by atoms with Crippen molar-refractivity contribution in [1.29, 1.82) is 0 Å². The summed E-state index contributed by atoms with van der Waals surface area (Å²) < 4.78 is 8.22. The van der Waals surface area contributed by atoms with Crippen molar-refractivity contribution in [3.63, 3.8) is 0 Å². The van der Waals surface area contributed by atoms with Gasteiger partial charge in [-0.25, -0.2) is 15.0 Å². The molecule has 0 bridgehead atoms. The lowest BCUT2D eigenvalue weighted by molar-refractivity contribution is 0.215. The van der Waals surface area contributed by atoms with Gasteiger partial charge in [0.2, 0.25) is 0 Å². The first-order valence-corrected chi connectivity index (χ1v) is 11.0. The number of nitrogens with two attached hydrogens (primary N) is 1. The number of aliphatic hydroxyl groups excluding tert-OH is 1. The summed E-state index contributed by atoms with van der Waals surface area (Å²) >= 11 is 0. The zero-order valence-electron chi connectivity index (χ0n) is 15.1. The van der Waals surface area contributed by atoms with Crippen molar-refractivity contribution in [1.82, 2.24) is 19.5 Å². The van der Waals surface area contributed by atoms with Gasteiger partial charge >= 0.3 is 0 Å². The van der Waals surface area contributed by atoms with Gasteiger partial charge < -0.3 is 15.3 Å². The van der Waals surface area contributed by atoms with Crippen LogP contribution in [0.4, 0.5) is 5.82 Å². The molecule has 2 heterocycles. The first kappa shape index (κ1) is 18.6. The molecule has 0 saturated heterocycles. The van der Waals surface area contributed by atoms with E-state index in [-0.39, 0.29) is 11.6 Å². The molecule has 2 rings (SSSR count). The zero-order chi connectivity index (χ0) is 18.0. The minimum Gasteiger partial charge on any atom is -0.399 e. The number of anilines is 1. The second-order valence-corrected chi connectivity index (χ2v) is 12.1. The van der Waals surface area contributed by atoms with Crippen LogP contribution in [0.3, 0.4) is 0 Å². The van der Waals surface area contributed by atoms with Crippen molar-refractivity contribution in [2.24, 2.45) is 0 Å². The maximum absolute atomic E-state index is 8.96. The number of rotatable bonds is 6. The molecular weight excluding hydrogens is 322 g/mol. The van der Waals surface area contributed by atoms with Crippen LogP contribution in [0.2, 0.25) is 18.1 Å². The molecule has 0 atom stereocenters. The summed E-state index contributed by atoms with van der Waals surface area (Å²) in [5.74, 6) is 1.05. The molecule has 0 spiro atoms. The van der Waals surface area contributed by atoms with Crippen LogP contribution in [-0.4, -0.2) is 39.5 Å². The lowest BCUT2D eigenvalue weighted by atomic mass is 10.2. The van der Waals surface area contributed by atoms with Gasteiger partial charge in [0.25, 0.3) is 0 Å². The number of aliphatic hydroxyl groups is 1. The van der Waals surface area contributed by atoms with E-state index < -0.39 is 8.32 Å². The Bertz CT molecular complexity index is 734. The summed E-state index contributed by atoms with van der Waals surface area (Å²) in [4.78, 5) is 12.8. The highest BCUT2D eigenvalue weighted by Gasteiger charge is 2.37. The van der Waals surface area contributed by atoms with Crippen LogP contribution in [0, 0.1) is 0 Å². The molecule has 24 heavy (non-hydrogen) atoms. The standard InChI is InChI=1S/C16H27N5O2Si/c1-16(2,3)24(4,5)23-11-21-12(8-6-7-9-22)20-13-14(17)18-10-19-15(13)21/h6,8,10,22H,7,9,11H2,1-5H3,(H2,17,18,19)/b8-6-. The van der Waals surface area contributed by atoms with Crippen LogP contribution < -0.4 is 5.73 Å². The number of nitrogens with zero attached hydrogens (tertiary/aromatic N) is 4. The Labute approximate surface area is 143 Å². The number of imidazole rings is 1. The highest BCUT2D eigenvalue weighted by Crippen LogP contribution is 2.37. The third-order valence-corrected chi connectivity index (χ3v) is 8.98. The van der Waals surface area contributed by atoms with E-state index in [0.29, 0.717) is 36.0 Å². The molecule has 132 valence electrons. The largest absolute Gasteiger partial charge is 0.399 e. The Kier molecular flexibility index (Phi) is 5.41. The molecule has 0 aromatic carbocycles. The van der Waals surface area contributed by atoms with Gasteiger partial charge in [-0.15, -0.1) is 0 Å². The molecule has 0 amide bonds. The lowest BCUT2D eigenvalue weighted by Gasteiger charge is -2.36. The molecule has 0 fully saturated rings. The molecule has 0 aliphatic rings. The fourth-order valence-electron chi connectivity index (χ4n) is 1.93. The predicted octanol–water partition coefficient (Wildman–Crippen LogP) is 2.78. The van der Waals surface area contributed by atoms with E-state index in [1.807, 2.05) is 16.7 Å². The molecule has 0 unspecified atom stereocenters. The van der Waals surface area contributed by atoms with Crippen molar-refractivity contribution in [3.05, 3.63) is 18.2 Å². The third kappa shape index (κ3) is 3.82. The molecule has 0 radical (unpaired) electrons. The van der Waals surface area contributed by atoms with Crippen molar-refractivity contribution in [2.45, 2.75) is 52.1 Å². The lowest BCUT2D eigenvalue weighted by Crippen LogP contribution is -2.41. The van der Waals surface area contributed by atoms with Gasteiger partial charge in [-0.2, -0.15) is 0 Å². The third-order valence-electron chi connectivity index (χ3n) is 4.51. The van der Waals surface area contributed by atoms with Crippen LogP contribution >= 0.6 is 0 Å². The first-order chi connectivity index (χ1) is 11.2. The van der Waals surface area contributed by atoms with E-state index in [1.54, 1.807) is 0 Å². The van der Waals surface area contributed by atoms with Gasteiger partial charge in [-0.05, 0) is 30.6 Å². The monoisotopic (exact) mass is 349 g/mol. The summed E-state index contributed by atoms with van der Waals surface area (Å²) in [7, 11) is -1.91. The predicted molar refractivity (Wildman–Crippen MR) is 98.8 cm³/mol.